The highest BCUT2D eigenvalue weighted by Gasteiger charge is 2.19. The summed E-state index contributed by atoms with van der Waals surface area (Å²) in [7, 11) is 0. The maximum absolute atomic E-state index is 11.2. The SMILES string of the molecule is CCC(=O)CCCN(CC)CC1CCC1. The fourth-order valence-electron chi connectivity index (χ4n) is 2.10. The average Bonchev–Trinajstić information content (AvgIpc) is 2.20. The molecule has 1 rings (SSSR count). The topological polar surface area (TPSA) is 20.3 Å². The summed E-state index contributed by atoms with van der Waals surface area (Å²) in [4.78, 5) is 13.7. The van der Waals surface area contributed by atoms with Crippen LogP contribution in [0.3, 0.4) is 0 Å². The van der Waals surface area contributed by atoms with Crippen LogP contribution >= 0.6 is 0 Å². The minimum atomic E-state index is 0.412. The van der Waals surface area contributed by atoms with Crippen molar-refractivity contribution >= 4 is 5.78 Å². The zero-order chi connectivity index (χ0) is 11.1. The highest BCUT2D eigenvalue weighted by molar-refractivity contribution is 5.77. The molecule has 0 aromatic carbocycles. The standard InChI is InChI=1S/C13H25NO/c1-3-13(15)9-6-10-14(4-2)11-12-7-5-8-12/h12H,3-11H2,1-2H3. The van der Waals surface area contributed by atoms with E-state index < -0.39 is 0 Å². The van der Waals surface area contributed by atoms with Crippen LogP contribution in [0.4, 0.5) is 0 Å². The van der Waals surface area contributed by atoms with E-state index in [-0.39, 0.29) is 0 Å². The van der Waals surface area contributed by atoms with Crippen LogP contribution in [-0.2, 0) is 4.79 Å². The molecule has 0 bridgehead atoms. The Kier molecular flexibility index (Phi) is 5.92. The summed E-state index contributed by atoms with van der Waals surface area (Å²) in [5.74, 6) is 1.36. The summed E-state index contributed by atoms with van der Waals surface area (Å²) in [6.07, 6.45) is 6.80. The van der Waals surface area contributed by atoms with E-state index in [0.717, 1.165) is 31.8 Å². The summed E-state index contributed by atoms with van der Waals surface area (Å²) in [5, 5.41) is 0. The van der Waals surface area contributed by atoms with Crippen LogP contribution in [0.2, 0.25) is 0 Å². The Morgan fingerprint density at radius 1 is 1.33 bits per heavy atom. The molecule has 15 heavy (non-hydrogen) atoms. The first-order valence-corrected chi connectivity index (χ1v) is 6.50. The van der Waals surface area contributed by atoms with Gasteiger partial charge in [0.25, 0.3) is 0 Å². The van der Waals surface area contributed by atoms with E-state index in [1.165, 1.54) is 25.8 Å². The van der Waals surface area contributed by atoms with E-state index in [1.54, 1.807) is 0 Å². The monoisotopic (exact) mass is 211 g/mol. The van der Waals surface area contributed by atoms with Crippen LogP contribution in [0.25, 0.3) is 0 Å². The first kappa shape index (κ1) is 12.7. The smallest absolute Gasteiger partial charge is 0.132 e. The van der Waals surface area contributed by atoms with Crippen molar-refractivity contribution in [3.05, 3.63) is 0 Å². The minimum Gasteiger partial charge on any atom is -0.303 e. The Morgan fingerprint density at radius 2 is 2.07 bits per heavy atom. The highest BCUT2D eigenvalue weighted by Crippen LogP contribution is 2.27. The molecule has 1 aliphatic carbocycles. The Balaban J connectivity index is 2.07. The largest absolute Gasteiger partial charge is 0.303 e. The van der Waals surface area contributed by atoms with Gasteiger partial charge in [-0.1, -0.05) is 20.3 Å². The second kappa shape index (κ2) is 7.00. The highest BCUT2D eigenvalue weighted by atomic mass is 16.1. The van der Waals surface area contributed by atoms with E-state index in [9.17, 15) is 4.79 Å². The van der Waals surface area contributed by atoms with Crippen molar-refractivity contribution in [2.24, 2.45) is 5.92 Å². The number of hydrogen-bond acceptors (Lipinski definition) is 2. The number of ketones is 1. The van der Waals surface area contributed by atoms with Gasteiger partial charge in [0.1, 0.15) is 5.78 Å². The first-order valence-electron chi connectivity index (χ1n) is 6.50. The third-order valence-electron chi connectivity index (χ3n) is 3.51. The molecule has 0 N–H and O–H groups in total. The number of hydrogen-bond donors (Lipinski definition) is 0. The normalized spacial score (nSPS) is 16.7. The average molecular weight is 211 g/mol. The number of rotatable bonds is 8. The molecule has 88 valence electrons. The van der Waals surface area contributed by atoms with Gasteiger partial charge in [-0.25, -0.2) is 0 Å². The number of Topliss-reactive ketones (excluding diaryl/α,β-unsaturated/α-hetero) is 1. The zero-order valence-electron chi connectivity index (χ0n) is 10.3. The third-order valence-corrected chi connectivity index (χ3v) is 3.51. The van der Waals surface area contributed by atoms with Gasteiger partial charge < -0.3 is 4.90 Å². The van der Waals surface area contributed by atoms with Crippen molar-refractivity contribution in [2.75, 3.05) is 19.6 Å². The van der Waals surface area contributed by atoms with Crippen LogP contribution < -0.4 is 0 Å². The lowest BCUT2D eigenvalue weighted by atomic mass is 9.85. The van der Waals surface area contributed by atoms with Crippen molar-refractivity contribution in [3.8, 4) is 0 Å². The molecule has 0 aliphatic heterocycles. The predicted molar refractivity (Wildman–Crippen MR) is 64.0 cm³/mol. The summed E-state index contributed by atoms with van der Waals surface area (Å²) >= 11 is 0. The summed E-state index contributed by atoms with van der Waals surface area (Å²) in [6, 6.07) is 0. The van der Waals surface area contributed by atoms with E-state index in [4.69, 9.17) is 0 Å². The van der Waals surface area contributed by atoms with Crippen LogP contribution in [-0.4, -0.2) is 30.3 Å². The van der Waals surface area contributed by atoms with Crippen LogP contribution in [0, 0.1) is 5.92 Å². The summed E-state index contributed by atoms with van der Waals surface area (Å²) in [5.41, 5.74) is 0. The van der Waals surface area contributed by atoms with Gasteiger partial charge in [-0.05, 0) is 38.3 Å². The molecule has 0 atom stereocenters. The fourth-order valence-corrected chi connectivity index (χ4v) is 2.10. The van der Waals surface area contributed by atoms with Gasteiger partial charge in [0.05, 0.1) is 0 Å². The van der Waals surface area contributed by atoms with Gasteiger partial charge >= 0.3 is 0 Å². The molecular weight excluding hydrogens is 186 g/mol. The Hall–Kier alpha value is -0.370. The molecule has 1 aliphatic rings. The van der Waals surface area contributed by atoms with Crippen LogP contribution in [0.1, 0.15) is 52.4 Å². The van der Waals surface area contributed by atoms with E-state index >= 15 is 0 Å². The van der Waals surface area contributed by atoms with Gasteiger partial charge in [-0.2, -0.15) is 0 Å². The molecule has 2 nitrogen and oxygen atoms in total. The molecular formula is C13H25NO. The van der Waals surface area contributed by atoms with Gasteiger partial charge in [-0.3, -0.25) is 4.79 Å². The van der Waals surface area contributed by atoms with Crippen LogP contribution in [0.5, 0.6) is 0 Å². The summed E-state index contributed by atoms with van der Waals surface area (Å²) < 4.78 is 0. The molecule has 2 heteroatoms. The van der Waals surface area contributed by atoms with Gasteiger partial charge in [0.2, 0.25) is 0 Å². The van der Waals surface area contributed by atoms with Gasteiger partial charge in [0.15, 0.2) is 0 Å². The van der Waals surface area contributed by atoms with Crippen molar-refractivity contribution in [1.82, 2.24) is 4.90 Å². The van der Waals surface area contributed by atoms with E-state index in [2.05, 4.69) is 11.8 Å². The van der Waals surface area contributed by atoms with Crippen molar-refractivity contribution < 1.29 is 4.79 Å². The van der Waals surface area contributed by atoms with Crippen molar-refractivity contribution in [3.63, 3.8) is 0 Å². The van der Waals surface area contributed by atoms with E-state index in [1.807, 2.05) is 6.92 Å². The maximum atomic E-state index is 11.2. The maximum Gasteiger partial charge on any atom is 0.132 e. The predicted octanol–water partition coefficient (Wildman–Crippen LogP) is 2.87. The molecule has 0 unspecified atom stereocenters. The minimum absolute atomic E-state index is 0.412. The van der Waals surface area contributed by atoms with Crippen LogP contribution in [0.15, 0.2) is 0 Å². The Morgan fingerprint density at radius 3 is 2.53 bits per heavy atom. The third kappa shape index (κ3) is 4.78. The molecule has 0 saturated heterocycles. The second-order valence-corrected chi connectivity index (χ2v) is 4.69. The lowest BCUT2D eigenvalue weighted by Crippen LogP contribution is -2.33. The number of carbonyl (C=O) groups is 1. The lowest BCUT2D eigenvalue weighted by Gasteiger charge is -2.31. The second-order valence-electron chi connectivity index (χ2n) is 4.69. The quantitative estimate of drug-likeness (QED) is 0.615. The first-order chi connectivity index (χ1) is 7.26. The Labute approximate surface area is 94.0 Å². The molecule has 0 aromatic rings. The molecule has 0 amide bonds. The van der Waals surface area contributed by atoms with Gasteiger partial charge in [0, 0.05) is 19.4 Å². The number of carbonyl (C=O) groups excluding carboxylic acids is 1. The molecule has 1 fully saturated rings. The van der Waals surface area contributed by atoms with E-state index in [0.29, 0.717) is 12.2 Å². The summed E-state index contributed by atoms with van der Waals surface area (Å²) in [6.45, 7) is 7.68. The number of nitrogens with zero attached hydrogens (tertiary/aromatic N) is 1. The Bertz CT molecular complexity index is 187. The molecule has 1 saturated carbocycles. The molecule has 0 spiro atoms. The van der Waals surface area contributed by atoms with Crippen molar-refractivity contribution in [1.29, 1.82) is 0 Å². The lowest BCUT2D eigenvalue weighted by molar-refractivity contribution is -0.118. The molecule has 0 aromatic heterocycles. The molecule has 0 heterocycles. The molecule has 0 radical (unpaired) electrons. The fraction of sp³-hybridized carbons (Fsp3) is 0.923. The van der Waals surface area contributed by atoms with Gasteiger partial charge in [-0.15, -0.1) is 0 Å². The zero-order valence-corrected chi connectivity index (χ0v) is 10.3. The van der Waals surface area contributed by atoms with Crippen molar-refractivity contribution in [2.45, 2.75) is 52.4 Å².